The van der Waals surface area contributed by atoms with Crippen molar-refractivity contribution in [2.45, 2.75) is 75.1 Å². The van der Waals surface area contributed by atoms with E-state index < -0.39 is 40.8 Å². The number of amides is 1. The normalized spacial score (nSPS) is 32.1. The Balaban J connectivity index is 1.73. The van der Waals surface area contributed by atoms with Crippen LogP contribution in [0, 0.1) is 5.92 Å². The van der Waals surface area contributed by atoms with Gasteiger partial charge in [-0.15, -0.1) is 0 Å². The fourth-order valence-corrected chi connectivity index (χ4v) is 6.41. The van der Waals surface area contributed by atoms with Crippen molar-refractivity contribution in [3.8, 4) is 0 Å². The maximum atomic E-state index is 13.5. The highest BCUT2D eigenvalue weighted by Gasteiger charge is 2.58. The molecule has 2 saturated carbocycles. The molecule has 5 atom stereocenters. The number of hydrogen-bond acceptors (Lipinski definition) is 8. The molecule has 14 heteroatoms. The number of carbonyl (C=O) groups excluding carboxylic acids is 1. The van der Waals surface area contributed by atoms with Crippen molar-refractivity contribution in [2.75, 3.05) is 13.1 Å². The molecule has 1 aliphatic heterocycles. The van der Waals surface area contributed by atoms with Gasteiger partial charge in [-0.1, -0.05) is 6.42 Å². The predicted molar refractivity (Wildman–Crippen MR) is 112 cm³/mol. The van der Waals surface area contributed by atoms with E-state index in [1.807, 2.05) is 0 Å². The summed E-state index contributed by atoms with van der Waals surface area (Å²) >= 11 is 0. The zero-order valence-electron chi connectivity index (χ0n) is 17.6. The molecule has 0 aromatic carbocycles. The van der Waals surface area contributed by atoms with Crippen molar-refractivity contribution < 1.29 is 33.2 Å². The number of nitrogens with one attached hydrogen (secondary N) is 1. The zero-order valence-corrected chi connectivity index (χ0v) is 18.4. The number of aliphatic carboxylic acids is 1. The Morgan fingerprint density at radius 1 is 1.35 bits per heavy atom. The van der Waals surface area contributed by atoms with Gasteiger partial charge in [0, 0.05) is 37.1 Å². The van der Waals surface area contributed by atoms with Crippen LogP contribution in [-0.2, 0) is 19.8 Å². The molecule has 31 heavy (non-hydrogen) atoms. The molecule has 3 rings (SSSR count). The summed E-state index contributed by atoms with van der Waals surface area (Å²) in [7, 11) is -5.51. The molecule has 1 saturated heterocycles. The van der Waals surface area contributed by atoms with Gasteiger partial charge in [-0.25, -0.2) is 0 Å². The van der Waals surface area contributed by atoms with Gasteiger partial charge >= 0.3 is 13.1 Å². The van der Waals surface area contributed by atoms with Crippen LogP contribution in [0.3, 0.4) is 0 Å². The summed E-state index contributed by atoms with van der Waals surface area (Å²) in [4.78, 5) is 23.8. The molecule has 2 aliphatic carbocycles. The third-order valence-electron chi connectivity index (χ3n) is 6.33. The molecule has 176 valence electrons. The molecule has 0 spiro atoms. The van der Waals surface area contributed by atoms with Crippen molar-refractivity contribution in [1.82, 2.24) is 13.9 Å². The molecule has 1 heterocycles. The molecule has 0 unspecified atom stereocenters. The van der Waals surface area contributed by atoms with Crippen LogP contribution >= 0.6 is 0 Å². The van der Waals surface area contributed by atoms with Crippen molar-refractivity contribution in [2.24, 2.45) is 17.4 Å². The second-order valence-corrected chi connectivity index (χ2v) is 10.9. The SMILES string of the molecule is C[C@H](N)C(=O)N[C@@H]1C[C@H]1N(C1CC1)S(=O)(=O)N1C[C@H](CCCB(O)O)[C@](N)(C(=O)O)C1. The topological polar surface area (TPSA) is 200 Å². The lowest BCUT2D eigenvalue weighted by Gasteiger charge is -2.28. The van der Waals surface area contributed by atoms with Crippen LogP contribution in [-0.4, -0.2) is 94.0 Å². The highest BCUT2D eigenvalue weighted by Crippen LogP contribution is 2.42. The van der Waals surface area contributed by atoms with E-state index in [0.717, 1.165) is 4.31 Å². The summed E-state index contributed by atoms with van der Waals surface area (Å²) in [5, 5.41) is 30.5. The van der Waals surface area contributed by atoms with E-state index in [9.17, 15) is 23.1 Å². The fourth-order valence-electron chi connectivity index (χ4n) is 4.23. The maximum absolute atomic E-state index is 13.5. The number of hydrogen-bond donors (Lipinski definition) is 6. The first-order valence-electron chi connectivity index (χ1n) is 10.6. The Hall–Kier alpha value is -1.29. The first kappa shape index (κ1) is 24.4. The van der Waals surface area contributed by atoms with Crippen LogP contribution < -0.4 is 16.8 Å². The van der Waals surface area contributed by atoms with E-state index in [2.05, 4.69) is 5.32 Å². The standard InChI is InChI=1S/C17H32BN5O7S/c1-10(19)15(24)21-13-7-14(13)23(12-4-5-12)31(29,30)22-8-11(3-2-6-18(27)28)17(20,9-22)16(25)26/h10-14,27-28H,2-9,19-20H2,1H3,(H,21,24)(H,25,26)/t10-,11-,13+,14+,17-/m0/s1. The molecule has 1 amide bonds. The van der Waals surface area contributed by atoms with Crippen LogP contribution in [0.15, 0.2) is 0 Å². The van der Waals surface area contributed by atoms with Crippen LogP contribution in [0.5, 0.6) is 0 Å². The van der Waals surface area contributed by atoms with Gasteiger partial charge in [0.2, 0.25) is 5.91 Å². The van der Waals surface area contributed by atoms with Crippen molar-refractivity contribution in [3.05, 3.63) is 0 Å². The summed E-state index contributed by atoms with van der Waals surface area (Å²) in [6.07, 6.45) is 2.52. The van der Waals surface area contributed by atoms with E-state index in [4.69, 9.17) is 21.5 Å². The largest absolute Gasteiger partial charge is 0.480 e. The van der Waals surface area contributed by atoms with Gasteiger partial charge in [0.15, 0.2) is 0 Å². The first-order chi connectivity index (χ1) is 14.4. The molecule has 3 fully saturated rings. The smallest absolute Gasteiger partial charge is 0.451 e. The monoisotopic (exact) mass is 461 g/mol. The third kappa shape index (κ3) is 5.21. The summed E-state index contributed by atoms with van der Waals surface area (Å²) in [6, 6.07) is -1.58. The minimum Gasteiger partial charge on any atom is -0.480 e. The van der Waals surface area contributed by atoms with Crippen molar-refractivity contribution in [3.63, 3.8) is 0 Å². The van der Waals surface area contributed by atoms with Gasteiger partial charge in [0.05, 0.1) is 6.04 Å². The molecule has 12 nitrogen and oxygen atoms in total. The van der Waals surface area contributed by atoms with Crippen molar-refractivity contribution in [1.29, 1.82) is 0 Å². The lowest BCUT2D eigenvalue weighted by atomic mass is 9.78. The third-order valence-corrected chi connectivity index (χ3v) is 8.36. The minimum absolute atomic E-state index is 0.0518. The van der Waals surface area contributed by atoms with Gasteiger partial charge in [-0.2, -0.15) is 17.0 Å². The molecule has 0 bridgehead atoms. The Morgan fingerprint density at radius 3 is 2.52 bits per heavy atom. The number of carbonyl (C=O) groups is 2. The molecule has 8 N–H and O–H groups in total. The Kier molecular flexibility index (Phi) is 7.01. The van der Waals surface area contributed by atoms with Gasteiger partial charge in [0.25, 0.3) is 10.2 Å². The first-order valence-corrected chi connectivity index (χ1v) is 12.0. The van der Waals surface area contributed by atoms with E-state index in [0.29, 0.717) is 25.7 Å². The van der Waals surface area contributed by atoms with E-state index >= 15 is 0 Å². The summed E-state index contributed by atoms with van der Waals surface area (Å²) < 4.78 is 29.5. The number of nitrogens with zero attached hydrogens (tertiary/aromatic N) is 2. The van der Waals surface area contributed by atoms with Gasteiger partial charge in [0.1, 0.15) is 5.54 Å². The predicted octanol–water partition coefficient (Wildman–Crippen LogP) is -2.73. The number of carboxylic acid groups (broad SMARTS) is 1. The number of carboxylic acids is 1. The lowest BCUT2D eigenvalue weighted by molar-refractivity contribution is -0.144. The molecule has 0 radical (unpaired) electrons. The summed E-state index contributed by atoms with van der Waals surface area (Å²) in [6.45, 7) is 1.14. The molecule has 3 aliphatic rings. The Bertz CT molecular complexity index is 809. The fraction of sp³-hybridized carbons (Fsp3) is 0.882. The molecule has 0 aromatic rings. The number of nitrogens with two attached hydrogens (primary N) is 2. The van der Waals surface area contributed by atoms with Gasteiger partial charge in [-0.3, -0.25) is 9.59 Å². The van der Waals surface area contributed by atoms with Crippen LogP contribution in [0.2, 0.25) is 6.32 Å². The molecule has 0 aromatic heterocycles. The van der Waals surface area contributed by atoms with Crippen LogP contribution in [0.1, 0.15) is 39.0 Å². The van der Waals surface area contributed by atoms with E-state index in [1.54, 1.807) is 6.92 Å². The minimum atomic E-state index is -4.00. The average molecular weight is 461 g/mol. The van der Waals surface area contributed by atoms with Gasteiger partial charge < -0.3 is 31.9 Å². The van der Waals surface area contributed by atoms with Crippen molar-refractivity contribution >= 4 is 29.2 Å². The van der Waals surface area contributed by atoms with E-state index in [1.165, 1.54) is 4.31 Å². The number of rotatable bonds is 11. The van der Waals surface area contributed by atoms with Crippen LogP contribution in [0.4, 0.5) is 0 Å². The second-order valence-electron chi connectivity index (χ2n) is 9.02. The zero-order chi connectivity index (χ0) is 23.1. The molecular formula is C17H32BN5O7S. The van der Waals surface area contributed by atoms with Crippen LogP contribution in [0.25, 0.3) is 0 Å². The highest BCUT2D eigenvalue weighted by atomic mass is 32.2. The molecular weight excluding hydrogens is 429 g/mol. The summed E-state index contributed by atoms with van der Waals surface area (Å²) in [5.41, 5.74) is 9.96. The van der Waals surface area contributed by atoms with Gasteiger partial charge in [-0.05, 0) is 38.9 Å². The second kappa shape index (κ2) is 8.92. The average Bonchev–Trinajstić information content (AvgIpc) is 3.57. The Morgan fingerprint density at radius 2 is 2.00 bits per heavy atom. The van der Waals surface area contributed by atoms with E-state index in [-0.39, 0.29) is 49.9 Å². The lowest BCUT2D eigenvalue weighted by Crippen LogP contribution is -2.56. The summed E-state index contributed by atoms with van der Waals surface area (Å²) in [5.74, 6) is -2.29. The Labute approximate surface area is 182 Å². The quantitative estimate of drug-likeness (QED) is 0.177. The highest BCUT2D eigenvalue weighted by molar-refractivity contribution is 7.86. The maximum Gasteiger partial charge on any atom is 0.451 e.